The van der Waals surface area contributed by atoms with E-state index < -0.39 is 0 Å². The van der Waals surface area contributed by atoms with Gasteiger partial charge in [0.2, 0.25) is 0 Å². The molecule has 6 nitrogen and oxygen atoms in total. The molecule has 124 valence electrons. The molecular weight excluding hydrogens is 304 g/mol. The molecule has 1 fully saturated rings. The Morgan fingerprint density at radius 3 is 2.75 bits per heavy atom. The minimum atomic E-state index is -0.225. The van der Waals surface area contributed by atoms with Crippen LogP contribution in [0.4, 0.5) is 5.82 Å². The van der Waals surface area contributed by atoms with Crippen LogP contribution in [0.15, 0.2) is 30.3 Å². The van der Waals surface area contributed by atoms with E-state index in [0.29, 0.717) is 11.4 Å². The average Bonchev–Trinajstić information content (AvgIpc) is 3.26. The summed E-state index contributed by atoms with van der Waals surface area (Å²) in [6.45, 7) is 2.01. The van der Waals surface area contributed by atoms with E-state index in [0.717, 1.165) is 42.9 Å². The van der Waals surface area contributed by atoms with E-state index in [9.17, 15) is 9.90 Å². The Kier molecular flexibility index (Phi) is 3.80. The Morgan fingerprint density at radius 1 is 1.17 bits per heavy atom. The summed E-state index contributed by atoms with van der Waals surface area (Å²) in [5.41, 5.74) is 2.25. The second-order valence-electron chi connectivity index (χ2n) is 6.38. The largest absolute Gasteiger partial charge is 0.508 e. The van der Waals surface area contributed by atoms with Crippen molar-refractivity contribution in [1.29, 1.82) is 0 Å². The smallest absolute Gasteiger partial charge is 0.272 e. The summed E-state index contributed by atoms with van der Waals surface area (Å²) in [5.74, 6) is 0.913. The Labute approximate surface area is 140 Å². The first-order valence-electron chi connectivity index (χ1n) is 8.42. The molecule has 1 aliphatic carbocycles. The number of aromatic hydroxyl groups is 1. The van der Waals surface area contributed by atoms with Gasteiger partial charge in [0.25, 0.3) is 5.91 Å². The van der Waals surface area contributed by atoms with E-state index >= 15 is 0 Å². The molecule has 0 unspecified atom stereocenters. The molecule has 0 spiro atoms. The SMILES string of the molecule is O=C(N[C@@H]1CCc2c(O)cccc21)c1ccc(N2CCCC2)nn1. The molecule has 6 heteroatoms. The Bertz CT molecular complexity index is 754. The molecule has 24 heavy (non-hydrogen) atoms. The number of rotatable bonds is 3. The van der Waals surface area contributed by atoms with Crippen molar-refractivity contribution in [3.8, 4) is 5.75 Å². The lowest BCUT2D eigenvalue weighted by atomic mass is 10.1. The van der Waals surface area contributed by atoms with Crippen LogP contribution in [0.1, 0.15) is 46.9 Å². The van der Waals surface area contributed by atoms with Crippen LogP contribution in [0.2, 0.25) is 0 Å². The molecule has 1 aromatic carbocycles. The Balaban J connectivity index is 1.46. The van der Waals surface area contributed by atoms with Gasteiger partial charge < -0.3 is 15.3 Å². The van der Waals surface area contributed by atoms with Crippen molar-refractivity contribution in [3.05, 3.63) is 47.2 Å². The van der Waals surface area contributed by atoms with Gasteiger partial charge in [-0.3, -0.25) is 4.79 Å². The highest BCUT2D eigenvalue weighted by atomic mass is 16.3. The average molecular weight is 324 g/mol. The van der Waals surface area contributed by atoms with E-state index in [2.05, 4.69) is 20.4 Å². The van der Waals surface area contributed by atoms with Crippen LogP contribution in [0.25, 0.3) is 0 Å². The molecule has 2 N–H and O–H groups in total. The van der Waals surface area contributed by atoms with Gasteiger partial charge in [0.05, 0.1) is 6.04 Å². The molecule has 1 saturated heterocycles. The summed E-state index contributed by atoms with van der Waals surface area (Å²) in [6, 6.07) is 8.96. The van der Waals surface area contributed by atoms with Crippen molar-refractivity contribution in [2.45, 2.75) is 31.7 Å². The monoisotopic (exact) mass is 324 g/mol. The van der Waals surface area contributed by atoms with Crippen LogP contribution in [-0.4, -0.2) is 34.3 Å². The van der Waals surface area contributed by atoms with E-state index in [-0.39, 0.29) is 11.9 Å². The van der Waals surface area contributed by atoms with Gasteiger partial charge in [-0.1, -0.05) is 12.1 Å². The number of phenolic OH excluding ortho intramolecular Hbond substituents is 1. The quantitative estimate of drug-likeness (QED) is 0.905. The number of phenols is 1. The van der Waals surface area contributed by atoms with Crippen LogP contribution in [0.3, 0.4) is 0 Å². The lowest BCUT2D eigenvalue weighted by Crippen LogP contribution is -2.28. The standard InChI is InChI=1S/C18H20N4O2/c23-16-5-3-4-12-13(16)6-7-14(12)19-18(24)15-8-9-17(21-20-15)22-10-1-2-11-22/h3-5,8-9,14,23H,1-2,6-7,10-11H2,(H,19,24)/t14-/m1/s1. The zero-order valence-corrected chi connectivity index (χ0v) is 13.4. The molecule has 0 radical (unpaired) electrons. The summed E-state index contributed by atoms with van der Waals surface area (Å²) in [4.78, 5) is 14.6. The molecule has 2 aliphatic rings. The van der Waals surface area contributed by atoms with E-state index in [1.807, 2.05) is 18.2 Å². The number of hydrogen-bond acceptors (Lipinski definition) is 5. The van der Waals surface area contributed by atoms with Gasteiger partial charge in [0, 0.05) is 13.1 Å². The topological polar surface area (TPSA) is 78.4 Å². The van der Waals surface area contributed by atoms with Crippen molar-refractivity contribution in [2.75, 3.05) is 18.0 Å². The summed E-state index contributed by atoms with van der Waals surface area (Å²) in [7, 11) is 0. The van der Waals surface area contributed by atoms with Gasteiger partial charge in [-0.15, -0.1) is 10.2 Å². The predicted molar refractivity (Wildman–Crippen MR) is 90.1 cm³/mol. The number of nitrogens with one attached hydrogen (secondary N) is 1. The Morgan fingerprint density at radius 2 is 2.00 bits per heavy atom. The van der Waals surface area contributed by atoms with Crippen molar-refractivity contribution < 1.29 is 9.90 Å². The number of amides is 1. The zero-order chi connectivity index (χ0) is 16.5. The third-order valence-corrected chi connectivity index (χ3v) is 4.86. The fraction of sp³-hybridized carbons (Fsp3) is 0.389. The van der Waals surface area contributed by atoms with Gasteiger partial charge in [0.15, 0.2) is 11.5 Å². The summed E-state index contributed by atoms with van der Waals surface area (Å²) < 4.78 is 0. The predicted octanol–water partition coefficient (Wildman–Crippen LogP) is 2.20. The fourth-order valence-corrected chi connectivity index (χ4v) is 3.58. The van der Waals surface area contributed by atoms with Crippen molar-refractivity contribution >= 4 is 11.7 Å². The van der Waals surface area contributed by atoms with Crippen LogP contribution in [0.5, 0.6) is 5.75 Å². The Hall–Kier alpha value is -2.63. The number of nitrogens with zero attached hydrogens (tertiary/aromatic N) is 3. The normalized spacial score (nSPS) is 19.3. The van der Waals surface area contributed by atoms with Crippen LogP contribution >= 0.6 is 0 Å². The number of anilines is 1. The van der Waals surface area contributed by atoms with Crippen LogP contribution in [-0.2, 0) is 6.42 Å². The lowest BCUT2D eigenvalue weighted by molar-refractivity contribution is 0.0930. The molecule has 2 aromatic rings. The zero-order valence-electron chi connectivity index (χ0n) is 13.4. The van der Waals surface area contributed by atoms with Crippen molar-refractivity contribution in [3.63, 3.8) is 0 Å². The van der Waals surface area contributed by atoms with Gasteiger partial charge in [-0.2, -0.15) is 0 Å². The number of hydrogen-bond donors (Lipinski definition) is 2. The highest BCUT2D eigenvalue weighted by Crippen LogP contribution is 2.36. The molecule has 0 saturated carbocycles. The molecule has 1 aromatic heterocycles. The number of benzene rings is 1. The van der Waals surface area contributed by atoms with Gasteiger partial charge in [-0.25, -0.2) is 0 Å². The highest BCUT2D eigenvalue weighted by Gasteiger charge is 2.26. The second-order valence-corrected chi connectivity index (χ2v) is 6.38. The third-order valence-electron chi connectivity index (χ3n) is 4.86. The minimum Gasteiger partial charge on any atom is -0.508 e. The number of aromatic nitrogens is 2. The van der Waals surface area contributed by atoms with Gasteiger partial charge in [-0.05, 0) is 55.0 Å². The number of carbonyl (C=O) groups excluding carboxylic acids is 1. The molecule has 4 rings (SSSR count). The van der Waals surface area contributed by atoms with Gasteiger partial charge >= 0.3 is 0 Å². The maximum Gasteiger partial charge on any atom is 0.272 e. The van der Waals surface area contributed by atoms with E-state index in [4.69, 9.17) is 0 Å². The van der Waals surface area contributed by atoms with Crippen LogP contribution in [0, 0.1) is 0 Å². The number of carbonyl (C=O) groups is 1. The second kappa shape index (κ2) is 6.11. The van der Waals surface area contributed by atoms with Gasteiger partial charge in [0.1, 0.15) is 5.75 Å². The van der Waals surface area contributed by atoms with Crippen LogP contribution < -0.4 is 10.2 Å². The van der Waals surface area contributed by atoms with Crippen molar-refractivity contribution in [1.82, 2.24) is 15.5 Å². The molecular formula is C18H20N4O2. The third kappa shape index (κ3) is 2.68. The molecule has 1 amide bonds. The molecule has 1 aliphatic heterocycles. The summed E-state index contributed by atoms with van der Waals surface area (Å²) >= 11 is 0. The fourth-order valence-electron chi connectivity index (χ4n) is 3.58. The molecule has 2 heterocycles. The first kappa shape index (κ1) is 14.9. The van der Waals surface area contributed by atoms with Crippen molar-refractivity contribution in [2.24, 2.45) is 0 Å². The molecule has 1 atom stereocenters. The maximum absolute atomic E-state index is 12.4. The highest BCUT2D eigenvalue weighted by molar-refractivity contribution is 5.92. The van der Waals surface area contributed by atoms with E-state index in [1.54, 1.807) is 12.1 Å². The van der Waals surface area contributed by atoms with E-state index in [1.165, 1.54) is 12.8 Å². The lowest BCUT2D eigenvalue weighted by Gasteiger charge is -2.16. The number of fused-ring (bicyclic) bond motifs is 1. The maximum atomic E-state index is 12.4. The summed E-state index contributed by atoms with van der Waals surface area (Å²) in [5, 5.41) is 21.2. The summed E-state index contributed by atoms with van der Waals surface area (Å²) in [6.07, 6.45) is 3.92. The first-order valence-corrected chi connectivity index (χ1v) is 8.42. The molecule has 0 bridgehead atoms. The minimum absolute atomic E-state index is 0.0836. The first-order chi connectivity index (χ1) is 11.7.